The quantitative estimate of drug-likeness (QED) is 0.312. The minimum Gasteiger partial charge on any atom is -0.468 e. The van der Waals surface area contributed by atoms with Gasteiger partial charge in [0.05, 0.1) is 18.9 Å². The third kappa shape index (κ3) is 5.27. The number of esters is 1. The standard InChI is InChI=1S/C22H23N3O6/c1-27-21(26)20(22(28-2)29-3)14-8-4-6-10-16(14)30-18-12-19(25-13-24-18)31-17-11-7-5-9-15(17)23/h4-13,20,22H,23H2,1-3H3. The number of anilines is 1. The lowest BCUT2D eigenvalue weighted by Gasteiger charge is -2.24. The van der Waals surface area contributed by atoms with Gasteiger partial charge in [0.2, 0.25) is 11.8 Å². The van der Waals surface area contributed by atoms with Crippen molar-refractivity contribution in [2.24, 2.45) is 0 Å². The van der Waals surface area contributed by atoms with Gasteiger partial charge >= 0.3 is 5.97 Å². The van der Waals surface area contributed by atoms with Gasteiger partial charge in [0, 0.05) is 19.8 Å². The first-order valence-corrected chi connectivity index (χ1v) is 9.32. The summed E-state index contributed by atoms with van der Waals surface area (Å²) in [5.74, 6) is -0.116. The van der Waals surface area contributed by atoms with Gasteiger partial charge in [-0.15, -0.1) is 0 Å². The number of para-hydroxylation sites is 3. The number of carbonyl (C=O) groups is 1. The van der Waals surface area contributed by atoms with Crippen molar-refractivity contribution in [1.29, 1.82) is 0 Å². The van der Waals surface area contributed by atoms with Crippen molar-refractivity contribution >= 4 is 11.7 Å². The fourth-order valence-corrected chi connectivity index (χ4v) is 2.94. The zero-order chi connectivity index (χ0) is 22.2. The summed E-state index contributed by atoms with van der Waals surface area (Å²) in [6.07, 6.45) is 0.430. The summed E-state index contributed by atoms with van der Waals surface area (Å²) in [6.45, 7) is 0. The molecule has 9 heteroatoms. The van der Waals surface area contributed by atoms with Gasteiger partial charge in [-0.25, -0.2) is 9.97 Å². The van der Waals surface area contributed by atoms with Crippen LogP contribution in [0.25, 0.3) is 0 Å². The molecular formula is C22H23N3O6. The number of hydrogen-bond donors (Lipinski definition) is 1. The molecule has 0 bridgehead atoms. The molecule has 2 N–H and O–H groups in total. The molecule has 1 unspecified atom stereocenters. The van der Waals surface area contributed by atoms with Crippen molar-refractivity contribution in [3.8, 4) is 23.3 Å². The molecule has 9 nitrogen and oxygen atoms in total. The largest absolute Gasteiger partial charge is 0.468 e. The Kier molecular flexibility index (Phi) is 7.36. The van der Waals surface area contributed by atoms with Crippen molar-refractivity contribution in [3.05, 3.63) is 66.5 Å². The fourth-order valence-electron chi connectivity index (χ4n) is 2.94. The summed E-state index contributed by atoms with van der Waals surface area (Å²) in [4.78, 5) is 20.7. The average molecular weight is 425 g/mol. The lowest BCUT2D eigenvalue weighted by atomic mass is 9.97. The molecule has 1 atom stereocenters. The smallest absolute Gasteiger partial charge is 0.318 e. The van der Waals surface area contributed by atoms with Crippen LogP contribution >= 0.6 is 0 Å². The highest BCUT2D eigenvalue weighted by atomic mass is 16.7. The molecule has 31 heavy (non-hydrogen) atoms. The van der Waals surface area contributed by atoms with Crippen molar-refractivity contribution < 1.29 is 28.5 Å². The Bertz CT molecular complexity index is 1030. The van der Waals surface area contributed by atoms with Gasteiger partial charge in [-0.3, -0.25) is 4.79 Å². The molecule has 0 saturated heterocycles. The highest BCUT2D eigenvalue weighted by Crippen LogP contribution is 2.35. The molecule has 3 rings (SSSR count). The monoisotopic (exact) mass is 425 g/mol. The number of nitrogens with zero attached hydrogens (tertiary/aromatic N) is 2. The zero-order valence-corrected chi connectivity index (χ0v) is 17.3. The Balaban J connectivity index is 1.90. The van der Waals surface area contributed by atoms with Gasteiger partial charge in [0.1, 0.15) is 18.0 Å². The van der Waals surface area contributed by atoms with E-state index in [9.17, 15) is 4.79 Å². The van der Waals surface area contributed by atoms with E-state index in [4.69, 9.17) is 29.4 Å². The summed E-state index contributed by atoms with van der Waals surface area (Å²) in [5, 5.41) is 0. The maximum absolute atomic E-state index is 12.5. The maximum atomic E-state index is 12.5. The lowest BCUT2D eigenvalue weighted by Crippen LogP contribution is -2.30. The number of ether oxygens (including phenoxy) is 5. The summed E-state index contributed by atoms with van der Waals surface area (Å²) in [7, 11) is 4.18. The molecular weight excluding hydrogens is 402 g/mol. The third-order valence-corrected chi connectivity index (χ3v) is 4.41. The molecule has 0 aliphatic carbocycles. The first-order chi connectivity index (χ1) is 15.1. The molecule has 3 aromatic rings. The van der Waals surface area contributed by atoms with Gasteiger partial charge in [-0.05, 0) is 18.2 Å². The fraction of sp³-hybridized carbons (Fsp3) is 0.227. The number of methoxy groups -OCH3 is 3. The normalized spacial score (nSPS) is 11.7. The van der Waals surface area contributed by atoms with Crippen LogP contribution in [-0.4, -0.2) is 43.6 Å². The lowest BCUT2D eigenvalue weighted by molar-refractivity contribution is -0.163. The van der Waals surface area contributed by atoms with Crippen LogP contribution in [-0.2, 0) is 19.0 Å². The van der Waals surface area contributed by atoms with Crippen LogP contribution in [0.15, 0.2) is 60.9 Å². The van der Waals surface area contributed by atoms with Crippen LogP contribution in [0.3, 0.4) is 0 Å². The maximum Gasteiger partial charge on any atom is 0.318 e. The molecule has 0 spiro atoms. The number of hydrogen-bond acceptors (Lipinski definition) is 9. The van der Waals surface area contributed by atoms with Crippen molar-refractivity contribution in [3.63, 3.8) is 0 Å². The van der Waals surface area contributed by atoms with Crippen LogP contribution < -0.4 is 15.2 Å². The minimum absolute atomic E-state index is 0.210. The SMILES string of the molecule is COC(=O)C(c1ccccc1Oc1cc(Oc2ccccc2N)ncn1)C(OC)OC. The second-order valence-corrected chi connectivity index (χ2v) is 6.31. The summed E-state index contributed by atoms with van der Waals surface area (Å²) >= 11 is 0. The number of benzene rings is 2. The van der Waals surface area contributed by atoms with Gasteiger partial charge < -0.3 is 29.4 Å². The number of nitrogen functional groups attached to an aromatic ring is 1. The van der Waals surface area contributed by atoms with E-state index in [1.54, 1.807) is 48.5 Å². The van der Waals surface area contributed by atoms with Crippen LogP contribution in [0.4, 0.5) is 5.69 Å². The molecule has 0 radical (unpaired) electrons. The molecule has 0 aliphatic heterocycles. The van der Waals surface area contributed by atoms with E-state index in [0.717, 1.165) is 0 Å². The number of carbonyl (C=O) groups excluding carboxylic acids is 1. The molecule has 0 aliphatic rings. The number of aromatic nitrogens is 2. The summed E-state index contributed by atoms with van der Waals surface area (Å²) in [5.41, 5.74) is 6.90. The van der Waals surface area contributed by atoms with Crippen LogP contribution in [0.1, 0.15) is 11.5 Å². The van der Waals surface area contributed by atoms with Crippen molar-refractivity contribution in [2.45, 2.75) is 12.2 Å². The van der Waals surface area contributed by atoms with Gasteiger partial charge in [-0.1, -0.05) is 30.3 Å². The van der Waals surface area contributed by atoms with Gasteiger partial charge in [-0.2, -0.15) is 0 Å². The zero-order valence-electron chi connectivity index (χ0n) is 17.3. The second kappa shape index (κ2) is 10.4. The Labute approximate surface area is 179 Å². The Morgan fingerprint density at radius 1 is 0.871 bits per heavy atom. The van der Waals surface area contributed by atoms with Gasteiger partial charge in [0.25, 0.3) is 0 Å². The van der Waals surface area contributed by atoms with E-state index in [2.05, 4.69) is 9.97 Å². The predicted molar refractivity (Wildman–Crippen MR) is 112 cm³/mol. The minimum atomic E-state index is -0.877. The number of nitrogens with two attached hydrogens (primary N) is 1. The molecule has 0 saturated carbocycles. The summed E-state index contributed by atoms with van der Waals surface area (Å²) < 4.78 is 27.2. The van der Waals surface area contributed by atoms with Crippen LogP contribution in [0.5, 0.6) is 23.3 Å². The average Bonchev–Trinajstić information content (AvgIpc) is 2.79. The number of rotatable bonds is 9. The van der Waals surface area contributed by atoms with E-state index in [1.165, 1.54) is 33.7 Å². The van der Waals surface area contributed by atoms with Crippen molar-refractivity contribution in [1.82, 2.24) is 9.97 Å². The van der Waals surface area contributed by atoms with Crippen LogP contribution in [0.2, 0.25) is 0 Å². The molecule has 1 aromatic heterocycles. The predicted octanol–water partition coefficient (Wildman–Crippen LogP) is 3.52. The van der Waals surface area contributed by atoms with E-state index >= 15 is 0 Å². The Hall–Kier alpha value is -3.69. The highest BCUT2D eigenvalue weighted by Gasteiger charge is 2.34. The van der Waals surface area contributed by atoms with E-state index in [-0.39, 0.29) is 11.8 Å². The van der Waals surface area contributed by atoms with Crippen molar-refractivity contribution in [2.75, 3.05) is 27.1 Å². The van der Waals surface area contributed by atoms with E-state index in [0.29, 0.717) is 22.7 Å². The molecule has 0 fully saturated rings. The van der Waals surface area contributed by atoms with E-state index < -0.39 is 18.2 Å². The Morgan fingerprint density at radius 2 is 1.45 bits per heavy atom. The second-order valence-electron chi connectivity index (χ2n) is 6.31. The highest BCUT2D eigenvalue weighted by molar-refractivity contribution is 5.79. The summed E-state index contributed by atoms with van der Waals surface area (Å²) in [6, 6.07) is 15.5. The first kappa shape index (κ1) is 22.0. The molecule has 162 valence electrons. The first-order valence-electron chi connectivity index (χ1n) is 9.32. The molecule has 2 aromatic carbocycles. The van der Waals surface area contributed by atoms with Gasteiger partial charge in [0.15, 0.2) is 12.0 Å². The van der Waals surface area contributed by atoms with Crippen LogP contribution in [0, 0.1) is 0 Å². The van der Waals surface area contributed by atoms with E-state index in [1.807, 2.05) is 0 Å². The molecule has 1 heterocycles. The third-order valence-electron chi connectivity index (χ3n) is 4.41. The molecule has 0 amide bonds. The topological polar surface area (TPSA) is 115 Å². The Morgan fingerprint density at radius 3 is 2.06 bits per heavy atom.